The lowest BCUT2D eigenvalue weighted by atomic mass is 9.87. The van der Waals surface area contributed by atoms with Crippen LogP contribution < -0.4 is 10.2 Å². The predicted octanol–water partition coefficient (Wildman–Crippen LogP) is 3.87. The highest BCUT2D eigenvalue weighted by Crippen LogP contribution is 2.31. The smallest absolute Gasteiger partial charge is 0.277 e. The van der Waals surface area contributed by atoms with Crippen molar-refractivity contribution in [1.82, 2.24) is 5.43 Å². The Bertz CT molecular complexity index is 688. The van der Waals surface area contributed by atoms with Crippen molar-refractivity contribution in [1.29, 1.82) is 0 Å². The fraction of sp³-hybridized carbons (Fsp3) is 0.294. The van der Waals surface area contributed by atoms with Gasteiger partial charge in [-0.25, -0.2) is 5.43 Å². The van der Waals surface area contributed by atoms with E-state index in [4.69, 9.17) is 9.15 Å². The number of rotatable bonds is 5. The summed E-state index contributed by atoms with van der Waals surface area (Å²) in [4.78, 5) is 11.7. The van der Waals surface area contributed by atoms with Crippen molar-refractivity contribution in [2.75, 3.05) is 6.61 Å². The van der Waals surface area contributed by atoms with E-state index < -0.39 is 0 Å². The van der Waals surface area contributed by atoms with Crippen molar-refractivity contribution in [3.05, 3.63) is 52.4 Å². The molecule has 0 aliphatic rings. The molecule has 1 aromatic heterocycles. The summed E-state index contributed by atoms with van der Waals surface area (Å²) in [5, 5.41) is 3.82. The largest absolute Gasteiger partial charge is 0.483 e. The van der Waals surface area contributed by atoms with Crippen LogP contribution in [0.1, 0.15) is 31.9 Å². The standard InChI is InChI=1S/C17H19BrN2O3/c1-17(2,3)13-4-5-15(14(18)8-13)23-11-16(21)20-19-9-12-6-7-22-10-12/h4-10H,11H2,1-3H3,(H,20,21)/b19-9+. The molecular weight excluding hydrogens is 360 g/mol. The number of nitrogens with one attached hydrogen (secondary N) is 1. The summed E-state index contributed by atoms with van der Waals surface area (Å²) in [6, 6.07) is 7.59. The third-order valence-corrected chi connectivity index (χ3v) is 3.72. The van der Waals surface area contributed by atoms with E-state index in [0.29, 0.717) is 5.75 Å². The molecule has 2 rings (SSSR count). The Labute approximate surface area is 143 Å². The van der Waals surface area contributed by atoms with E-state index in [1.165, 1.54) is 24.3 Å². The third-order valence-electron chi connectivity index (χ3n) is 3.10. The molecule has 0 spiro atoms. The van der Waals surface area contributed by atoms with Gasteiger partial charge in [-0.2, -0.15) is 5.10 Å². The highest BCUT2D eigenvalue weighted by atomic mass is 79.9. The van der Waals surface area contributed by atoms with Gasteiger partial charge in [0, 0.05) is 5.56 Å². The Morgan fingerprint density at radius 3 is 2.78 bits per heavy atom. The Morgan fingerprint density at radius 2 is 2.17 bits per heavy atom. The van der Waals surface area contributed by atoms with Crippen LogP contribution in [0, 0.1) is 0 Å². The van der Waals surface area contributed by atoms with Crippen LogP contribution in [0.5, 0.6) is 5.75 Å². The van der Waals surface area contributed by atoms with E-state index in [-0.39, 0.29) is 17.9 Å². The first-order valence-corrected chi connectivity index (χ1v) is 7.92. The minimum atomic E-state index is -0.337. The molecule has 6 heteroatoms. The fourth-order valence-corrected chi connectivity index (χ4v) is 2.28. The van der Waals surface area contributed by atoms with Gasteiger partial charge in [-0.3, -0.25) is 4.79 Å². The van der Waals surface area contributed by atoms with Crippen LogP contribution in [0.2, 0.25) is 0 Å². The normalized spacial score (nSPS) is 11.7. The van der Waals surface area contributed by atoms with Gasteiger partial charge in [-0.15, -0.1) is 0 Å². The number of halogens is 1. The van der Waals surface area contributed by atoms with E-state index >= 15 is 0 Å². The maximum absolute atomic E-state index is 11.7. The first-order chi connectivity index (χ1) is 10.9. The molecular formula is C17H19BrN2O3. The molecule has 0 saturated carbocycles. The SMILES string of the molecule is CC(C)(C)c1ccc(OCC(=O)N/N=C/c2ccoc2)c(Br)c1. The van der Waals surface area contributed by atoms with Crippen LogP contribution in [-0.4, -0.2) is 18.7 Å². The molecule has 0 aliphatic heterocycles. The van der Waals surface area contributed by atoms with Crippen LogP contribution in [-0.2, 0) is 10.2 Å². The Morgan fingerprint density at radius 1 is 1.39 bits per heavy atom. The lowest BCUT2D eigenvalue weighted by molar-refractivity contribution is -0.123. The van der Waals surface area contributed by atoms with Gasteiger partial charge in [-0.05, 0) is 45.1 Å². The van der Waals surface area contributed by atoms with Gasteiger partial charge >= 0.3 is 0 Å². The second kappa shape index (κ2) is 7.46. The van der Waals surface area contributed by atoms with E-state index in [1.54, 1.807) is 6.07 Å². The number of carbonyl (C=O) groups excluding carboxylic acids is 1. The summed E-state index contributed by atoms with van der Waals surface area (Å²) in [7, 11) is 0. The van der Waals surface area contributed by atoms with E-state index in [9.17, 15) is 4.79 Å². The molecule has 0 atom stereocenters. The molecule has 1 heterocycles. The van der Waals surface area contributed by atoms with Crippen molar-refractivity contribution in [3.8, 4) is 5.75 Å². The summed E-state index contributed by atoms with van der Waals surface area (Å²) in [5.41, 5.74) is 4.41. The van der Waals surface area contributed by atoms with Gasteiger partial charge < -0.3 is 9.15 Å². The number of furan rings is 1. The van der Waals surface area contributed by atoms with Crippen molar-refractivity contribution in [2.24, 2.45) is 5.10 Å². The maximum Gasteiger partial charge on any atom is 0.277 e. The first-order valence-electron chi connectivity index (χ1n) is 7.13. The van der Waals surface area contributed by atoms with E-state index in [0.717, 1.165) is 10.0 Å². The number of benzene rings is 1. The third kappa shape index (κ3) is 5.25. The lowest BCUT2D eigenvalue weighted by Crippen LogP contribution is -2.24. The molecule has 122 valence electrons. The zero-order valence-corrected chi connectivity index (χ0v) is 14.9. The highest BCUT2D eigenvalue weighted by Gasteiger charge is 2.15. The lowest BCUT2D eigenvalue weighted by Gasteiger charge is -2.20. The Hall–Kier alpha value is -2.08. The Balaban J connectivity index is 1.87. The van der Waals surface area contributed by atoms with Crippen molar-refractivity contribution in [3.63, 3.8) is 0 Å². The monoisotopic (exact) mass is 378 g/mol. The summed E-state index contributed by atoms with van der Waals surface area (Å²) in [6.07, 6.45) is 4.56. The molecule has 0 fully saturated rings. The van der Waals surface area contributed by atoms with Crippen LogP contribution in [0.3, 0.4) is 0 Å². The number of nitrogens with zero attached hydrogens (tertiary/aromatic N) is 1. The van der Waals surface area contributed by atoms with Crippen LogP contribution in [0.15, 0.2) is 50.8 Å². The second-order valence-electron chi connectivity index (χ2n) is 6.03. The summed E-state index contributed by atoms with van der Waals surface area (Å²) < 4.78 is 11.2. The van der Waals surface area contributed by atoms with Gasteiger partial charge in [-0.1, -0.05) is 26.8 Å². The van der Waals surface area contributed by atoms with Crippen LogP contribution in [0.25, 0.3) is 0 Å². The number of hydrogen-bond acceptors (Lipinski definition) is 4. The molecule has 1 N–H and O–H groups in total. The molecule has 1 amide bonds. The molecule has 23 heavy (non-hydrogen) atoms. The average Bonchev–Trinajstić information content (AvgIpc) is 2.98. The minimum absolute atomic E-state index is 0.0558. The molecule has 0 unspecified atom stereocenters. The van der Waals surface area contributed by atoms with Crippen LogP contribution in [0.4, 0.5) is 0 Å². The van der Waals surface area contributed by atoms with Gasteiger partial charge in [0.15, 0.2) is 6.61 Å². The van der Waals surface area contributed by atoms with Gasteiger partial charge in [0.05, 0.1) is 23.2 Å². The van der Waals surface area contributed by atoms with Crippen molar-refractivity contribution in [2.45, 2.75) is 26.2 Å². The van der Waals surface area contributed by atoms with Gasteiger partial charge in [0.1, 0.15) is 5.75 Å². The molecule has 0 radical (unpaired) electrons. The zero-order valence-electron chi connectivity index (χ0n) is 13.3. The molecule has 0 saturated heterocycles. The number of amides is 1. The van der Waals surface area contributed by atoms with Gasteiger partial charge in [0.25, 0.3) is 5.91 Å². The molecule has 1 aromatic carbocycles. The second-order valence-corrected chi connectivity index (χ2v) is 6.89. The van der Waals surface area contributed by atoms with E-state index in [1.807, 2.05) is 18.2 Å². The van der Waals surface area contributed by atoms with Crippen LogP contribution >= 0.6 is 15.9 Å². The summed E-state index contributed by atoms with van der Waals surface area (Å²) in [6.45, 7) is 6.30. The fourth-order valence-electron chi connectivity index (χ4n) is 1.79. The van der Waals surface area contributed by atoms with Crippen molar-refractivity contribution < 1.29 is 13.9 Å². The number of hydrazone groups is 1. The molecule has 5 nitrogen and oxygen atoms in total. The topological polar surface area (TPSA) is 63.8 Å². The molecule has 0 bridgehead atoms. The van der Waals surface area contributed by atoms with E-state index in [2.05, 4.69) is 47.2 Å². The number of hydrogen-bond donors (Lipinski definition) is 1. The highest BCUT2D eigenvalue weighted by molar-refractivity contribution is 9.10. The Kier molecular flexibility index (Phi) is 5.60. The molecule has 2 aromatic rings. The average molecular weight is 379 g/mol. The number of ether oxygens (including phenoxy) is 1. The molecule has 0 aliphatic carbocycles. The minimum Gasteiger partial charge on any atom is -0.483 e. The first kappa shape index (κ1) is 17.3. The quantitative estimate of drug-likeness (QED) is 0.634. The van der Waals surface area contributed by atoms with Gasteiger partial charge in [0.2, 0.25) is 0 Å². The van der Waals surface area contributed by atoms with Crippen molar-refractivity contribution >= 4 is 28.1 Å². The number of carbonyl (C=O) groups is 1. The zero-order chi connectivity index (χ0) is 16.9. The summed E-state index contributed by atoms with van der Waals surface area (Å²) >= 11 is 3.47. The summed E-state index contributed by atoms with van der Waals surface area (Å²) in [5.74, 6) is 0.281. The maximum atomic E-state index is 11.7. The predicted molar refractivity (Wildman–Crippen MR) is 92.8 cm³/mol.